The normalized spacial score (nSPS) is 25.6. The van der Waals surface area contributed by atoms with E-state index in [-0.39, 0.29) is 24.2 Å². The Hall–Kier alpha value is -0.610. The molecule has 0 aliphatic carbocycles. The molecule has 100 valence electrons. The van der Waals surface area contributed by atoms with Gasteiger partial charge in [-0.1, -0.05) is 6.92 Å². The van der Waals surface area contributed by atoms with Crippen molar-refractivity contribution in [2.45, 2.75) is 64.6 Å². The van der Waals surface area contributed by atoms with Crippen LogP contribution in [0.5, 0.6) is 0 Å². The molecule has 17 heavy (non-hydrogen) atoms. The maximum absolute atomic E-state index is 11.7. The molecule has 2 unspecified atom stereocenters. The lowest BCUT2D eigenvalue weighted by molar-refractivity contribution is -0.129. The average molecular weight is 242 g/mol. The summed E-state index contributed by atoms with van der Waals surface area (Å²) in [4.78, 5) is 11.7. The van der Waals surface area contributed by atoms with Crippen LogP contribution in [0.3, 0.4) is 0 Å². The quantitative estimate of drug-likeness (QED) is 0.767. The van der Waals surface area contributed by atoms with Crippen LogP contribution in [0.4, 0.5) is 0 Å². The molecule has 1 aliphatic rings. The summed E-state index contributed by atoms with van der Waals surface area (Å²) in [6.07, 6.45) is 3.26. The van der Waals surface area contributed by atoms with Crippen molar-refractivity contribution in [3.63, 3.8) is 0 Å². The molecule has 2 atom stereocenters. The van der Waals surface area contributed by atoms with E-state index >= 15 is 0 Å². The van der Waals surface area contributed by atoms with E-state index in [1.807, 2.05) is 13.8 Å². The van der Waals surface area contributed by atoms with Crippen LogP contribution in [0.2, 0.25) is 0 Å². The van der Waals surface area contributed by atoms with Crippen LogP contribution in [0.25, 0.3) is 0 Å². The molecule has 1 rings (SSSR count). The van der Waals surface area contributed by atoms with Crippen molar-refractivity contribution in [1.29, 1.82) is 0 Å². The molecule has 1 amide bonds. The molecule has 0 spiro atoms. The average Bonchev–Trinajstić information content (AvgIpc) is 2.28. The SMILES string of the molecule is CCC(C)(C)NC(=O)COC1CCC(C)NC1. The maximum Gasteiger partial charge on any atom is 0.246 e. The lowest BCUT2D eigenvalue weighted by Crippen LogP contribution is -2.46. The van der Waals surface area contributed by atoms with E-state index < -0.39 is 0 Å². The standard InChI is InChI=1S/C13H26N2O2/c1-5-13(3,4)15-12(16)9-17-11-7-6-10(2)14-8-11/h10-11,14H,5-9H2,1-4H3,(H,15,16). The smallest absolute Gasteiger partial charge is 0.246 e. The highest BCUT2D eigenvalue weighted by molar-refractivity contribution is 5.77. The van der Waals surface area contributed by atoms with Crippen molar-refractivity contribution < 1.29 is 9.53 Å². The second-order valence-electron chi connectivity index (χ2n) is 5.61. The topological polar surface area (TPSA) is 50.4 Å². The second-order valence-corrected chi connectivity index (χ2v) is 5.61. The van der Waals surface area contributed by atoms with Gasteiger partial charge in [0.15, 0.2) is 0 Å². The van der Waals surface area contributed by atoms with Gasteiger partial charge in [-0.25, -0.2) is 0 Å². The van der Waals surface area contributed by atoms with E-state index in [9.17, 15) is 4.79 Å². The first kappa shape index (κ1) is 14.5. The van der Waals surface area contributed by atoms with Gasteiger partial charge in [-0.15, -0.1) is 0 Å². The summed E-state index contributed by atoms with van der Waals surface area (Å²) < 4.78 is 5.61. The fourth-order valence-electron chi connectivity index (χ4n) is 1.81. The highest BCUT2D eigenvalue weighted by atomic mass is 16.5. The Morgan fingerprint density at radius 2 is 2.18 bits per heavy atom. The van der Waals surface area contributed by atoms with Crippen molar-refractivity contribution in [3.8, 4) is 0 Å². The van der Waals surface area contributed by atoms with Crippen molar-refractivity contribution >= 4 is 5.91 Å². The van der Waals surface area contributed by atoms with Gasteiger partial charge in [-0.3, -0.25) is 4.79 Å². The van der Waals surface area contributed by atoms with Crippen LogP contribution in [0.1, 0.15) is 47.0 Å². The number of hydrogen-bond acceptors (Lipinski definition) is 3. The molecule has 0 aromatic carbocycles. The van der Waals surface area contributed by atoms with E-state index in [1.165, 1.54) is 0 Å². The van der Waals surface area contributed by atoms with Gasteiger partial charge in [0.05, 0.1) is 6.10 Å². The summed E-state index contributed by atoms with van der Waals surface area (Å²) in [6, 6.07) is 0.572. The number of carbonyl (C=O) groups is 1. The zero-order chi connectivity index (χ0) is 12.9. The van der Waals surface area contributed by atoms with Gasteiger partial charge in [0.2, 0.25) is 5.91 Å². The Balaban J connectivity index is 2.20. The summed E-state index contributed by atoms with van der Waals surface area (Å²) in [5.74, 6) is -0.0181. The van der Waals surface area contributed by atoms with E-state index in [2.05, 4.69) is 24.5 Å². The Morgan fingerprint density at radius 3 is 2.71 bits per heavy atom. The van der Waals surface area contributed by atoms with Gasteiger partial charge in [0.25, 0.3) is 0 Å². The Labute approximate surface area is 104 Å². The Bertz CT molecular complexity index is 246. The Kier molecular flexibility index (Phi) is 5.40. The molecule has 0 radical (unpaired) electrons. The highest BCUT2D eigenvalue weighted by Crippen LogP contribution is 2.11. The molecular weight excluding hydrogens is 216 g/mol. The lowest BCUT2D eigenvalue weighted by Gasteiger charge is -2.28. The van der Waals surface area contributed by atoms with Gasteiger partial charge < -0.3 is 15.4 Å². The third-order valence-electron chi connectivity index (χ3n) is 3.43. The molecule has 1 fully saturated rings. The minimum atomic E-state index is -0.139. The van der Waals surface area contributed by atoms with Crippen LogP contribution >= 0.6 is 0 Å². The number of nitrogens with one attached hydrogen (secondary N) is 2. The van der Waals surface area contributed by atoms with Crippen molar-refractivity contribution in [2.75, 3.05) is 13.2 Å². The first-order valence-corrected chi connectivity index (χ1v) is 6.59. The maximum atomic E-state index is 11.7. The van der Waals surface area contributed by atoms with E-state index in [0.29, 0.717) is 6.04 Å². The minimum Gasteiger partial charge on any atom is -0.367 e. The zero-order valence-electron chi connectivity index (χ0n) is 11.5. The monoisotopic (exact) mass is 242 g/mol. The third-order valence-corrected chi connectivity index (χ3v) is 3.43. The molecule has 1 heterocycles. The lowest BCUT2D eigenvalue weighted by atomic mass is 10.0. The second kappa shape index (κ2) is 6.36. The molecule has 1 aliphatic heterocycles. The first-order valence-electron chi connectivity index (χ1n) is 6.59. The molecule has 0 bridgehead atoms. The molecule has 0 saturated carbocycles. The van der Waals surface area contributed by atoms with Gasteiger partial charge in [-0.2, -0.15) is 0 Å². The van der Waals surface area contributed by atoms with Gasteiger partial charge in [-0.05, 0) is 40.0 Å². The summed E-state index contributed by atoms with van der Waals surface area (Å²) in [6.45, 7) is 9.31. The fourth-order valence-corrected chi connectivity index (χ4v) is 1.81. The number of carbonyl (C=O) groups excluding carboxylic acids is 1. The summed E-state index contributed by atoms with van der Waals surface area (Å²) >= 11 is 0. The van der Waals surface area contributed by atoms with Gasteiger partial charge in [0.1, 0.15) is 6.61 Å². The highest BCUT2D eigenvalue weighted by Gasteiger charge is 2.21. The Morgan fingerprint density at radius 1 is 1.47 bits per heavy atom. The van der Waals surface area contributed by atoms with Crippen LogP contribution in [0.15, 0.2) is 0 Å². The predicted molar refractivity (Wildman–Crippen MR) is 69.0 cm³/mol. The molecule has 4 heteroatoms. The fraction of sp³-hybridized carbons (Fsp3) is 0.923. The predicted octanol–water partition coefficient (Wildman–Crippen LogP) is 1.45. The van der Waals surface area contributed by atoms with E-state index in [4.69, 9.17) is 4.74 Å². The molecular formula is C13H26N2O2. The van der Waals surface area contributed by atoms with Crippen LogP contribution < -0.4 is 10.6 Å². The summed E-state index contributed by atoms with van der Waals surface area (Å²) in [5, 5.41) is 6.33. The molecule has 1 saturated heterocycles. The van der Waals surface area contributed by atoms with Crippen molar-refractivity contribution in [3.05, 3.63) is 0 Å². The van der Waals surface area contributed by atoms with E-state index in [0.717, 1.165) is 25.8 Å². The van der Waals surface area contributed by atoms with Crippen LogP contribution in [0, 0.1) is 0 Å². The molecule has 4 nitrogen and oxygen atoms in total. The first-order chi connectivity index (χ1) is 7.93. The number of piperidine rings is 1. The van der Waals surface area contributed by atoms with Crippen molar-refractivity contribution in [2.24, 2.45) is 0 Å². The number of amides is 1. The molecule has 2 N–H and O–H groups in total. The van der Waals surface area contributed by atoms with Crippen LogP contribution in [-0.4, -0.2) is 36.7 Å². The number of rotatable bonds is 5. The van der Waals surface area contributed by atoms with Crippen molar-refractivity contribution in [1.82, 2.24) is 10.6 Å². The third kappa shape index (κ3) is 5.50. The minimum absolute atomic E-state index is 0.0181. The van der Waals surface area contributed by atoms with Gasteiger partial charge in [0, 0.05) is 18.1 Å². The summed E-state index contributed by atoms with van der Waals surface area (Å²) in [5.41, 5.74) is -0.139. The number of hydrogen-bond donors (Lipinski definition) is 2. The molecule has 0 aromatic heterocycles. The molecule has 0 aromatic rings. The van der Waals surface area contributed by atoms with Crippen LogP contribution in [-0.2, 0) is 9.53 Å². The zero-order valence-corrected chi connectivity index (χ0v) is 11.5. The number of ether oxygens (including phenoxy) is 1. The largest absolute Gasteiger partial charge is 0.367 e. The van der Waals surface area contributed by atoms with Gasteiger partial charge >= 0.3 is 0 Å². The van der Waals surface area contributed by atoms with E-state index in [1.54, 1.807) is 0 Å². The summed E-state index contributed by atoms with van der Waals surface area (Å²) in [7, 11) is 0.